The summed E-state index contributed by atoms with van der Waals surface area (Å²) < 4.78 is 23.6. The normalized spacial score (nSPS) is 10.6. The lowest BCUT2D eigenvalue weighted by molar-refractivity contribution is -0.385. The van der Waals surface area contributed by atoms with E-state index < -0.39 is 29.3 Å². The molecule has 0 saturated carbocycles. The number of ether oxygens (including phenoxy) is 2. The van der Waals surface area contributed by atoms with Crippen molar-refractivity contribution in [3.8, 4) is 0 Å². The van der Waals surface area contributed by atoms with E-state index in [0.29, 0.717) is 6.61 Å². The molecule has 1 rings (SSSR count). The number of hydrogen-bond acceptors (Lipinski definition) is 6. The van der Waals surface area contributed by atoms with Crippen molar-refractivity contribution >= 4 is 17.6 Å². The van der Waals surface area contributed by atoms with E-state index in [1.807, 2.05) is 0 Å². The second-order valence-corrected chi connectivity index (χ2v) is 6.89. The van der Waals surface area contributed by atoms with E-state index in [0.717, 1.165) is 37.5 Å². The third-order valence-corrected chi connectivity index (χ3v) is 4.42. The van der Waals surface area contributed by atoms with Gasteiger partial charge in [-0.05, 0) is 12.5 Å². The molecule has 29 heavy (non-hydrogen) atoms. The van der Waals surface area contributed by atoms with Gasteiger partial charge in [-0.3, -0.25) is 19.7 Å². The molecule has 0 atom stereocenters. The van der Waals surface area contributed by atoms with Crippen LogP contribution in [0.4, 0.5) is 10.1 Å². The second-order valence-electron chi connectivity index (χ2n) is 6.89. The van der Waals surface area contributed by atoms with Crippen molar-refractivity contribution < 1.29 is 28.4 Å². The molecule has 0 N–H and O–H groups in total. The van der Waals surface area contributed by atoms with Gasteiger partial charge in [-0.1, -0.05) is 51.9 Å². The molecule has 0 aliphatic heterocycles. The van der Waals surface area contributed by atoms with Crippen LogP contribution in [0.25, 0.3) is 0 Å². The Bertz CT molecular complexity index is 665. The number of nitro benzene ring substituents is 1. The van der Waals surface area contributed by atoms with Gasteiger partial charge in [-0.25, -0.2) is 4.39 Å². The van der Waals surface area contributed by atoms with Crippen LogP contribution < -0.4 is 0 Å². The van der Waals surface area contributed by atoms with Gasteiger partial charge in [0.2, 0.25) is 0 Å². The third kappa shape index (κ3) is 11.2. The van der Waals surface area contributed by atoms with Crippen molar-refractivity contribution in [3.63, 3.8) is 0 Å². The first kappa shape index (κ1) is 24.5. The Morgan fingerprint density at radius 1 is 0.966 bits per heavy atom. The van der Waals surface area contributed by atoms with Gasteiger partial charge in [0, 0.05) is 17.7 Å². The second kappa shape index (κ2) is 14.5. The van der Waals surface area contributed by atoms with E-state index in [4.69, 9.17) is 9.47 Å². The predicted molar refractivity (Wildman–Crippen MR) is 106 cm³/mol. The van der Waals surface area contributed by atoms with Gasteiger partial charge >= 0.3 is 11.9 Å². The summed E-state index contributed by atoms with van der Waals surface area (Å²) in [4.78, 5) is 33.4. The van der Waals surface area contributed by atoms with E-state index in [2.05, 4.69) is 6.92 Å². The molecule has 0 aliphatic rings. The lowest BCUT2D eigenvalue weighted by Crippen LogP contribution is -2.11. The molecule has 1 aromatic carbocycles. The molecule has 0 aromatic heterocycles. The van der Waals surface area contributed by atoms with Crippen LogP contribution in [0.2, 0.25) is 0 Å². The summed E-state index contributed by atoms with van der Waals surface area (Å²) in [5, 5.41) is 10.7. The molecule has 0 spiro atoms. The Kier molecular flexibility index (Phi) is 12.2. The number of unbranched alkanes of at least 4 members (excludes halogenated alkanes) is 7. The molecule has 0 fully saturated rings. The highest BCUT2D eigenvalue weighted by atomic mass is 19.1. The maximum atomic E-state index is 13.6. The Labute approximate surface area is 170 Å². The molecule has 0 unspecified atom stereocenters. The highest BCUT2D eigenvalue weighted by molar-refractivity contribution is 5.77. The molecule has 0 aliphatic carbocycles. The van der Waals surface area contributed by atoms with Gasteiger partial charge in [0.25, 0.3) is 5.69 Å². The summed E-state index contributed by atoms with van der Waals surface area (Å²) in [6, 6.07) is 2.99. The maximum Gasteiger partial charge on any atom is 0.306 e. The Balaban J connectivity index is 2.13. The topological polar surface area (TPSA) is 95.7 Å². The van der Waals surface area contributed by atoms with Gasteiger partial charge in [0.1, 0.15) is 12.4 Å². The molecule has 0 saturated heterocycles. The van der Waals surface area contributed by atoms with Crippen LogP contribution in [0.1, 0.15) is 76.7 Å². The quantitative estimate of drug-likeness (QED) is 0.169. The fourth-order valence-electron chi connectivity index (χ4n) is 2.71. The number of hydrogen-bond donors (Lipinski definition) is 0. The number of carbonyl (C=O) groups excluding carboxylic acids is 2. The number of halogens is 1. The number of benzene rings is 1. The number of nitro groups is 1. The summed E-state index contributed by atoms with van der Waals surface area (Å²) in [5.74, 6) is -1.88. The Hall–Kier alpha value is -2.51. The Morgan fingerprint density at radius 3 is 2.17 bits per heavy atom. The largest absolute Gasteiger partial charge is 0.466 e. The van der Waals surface area contributed by atoms with Crippen molar-refractivity contribution in [1.29, 1.82) is 0 Å². The highest BCUT2D eigenvalue weighted by Crippen LogP contribution is 2.18. The summed E-state index contributed by atoms with van der Waals surface area (Å²) in [7, 11) is 0. The molecule has 0 heterocycles. The zero-order chi connectivity index (χ0) is 21.5. The van der Waals surface area contributed by atoms with E-state index in [9.17, 15) is 24.1 Å². The van der Waals surface area contributed by atoms with Crippen molar-refractivity contribution in [2.45, 2.75) is 77.7 Å². The fourth-order valence-corrected chi connectivity index (χ4v) is 2.71. The van der Waals surface area contributed by atoms with Gasteiger partial charge in [0.15, 0.2) is 0 Å². The lowest BCUT2D eigenvalue weighted by atomic mass is 10.1. The zero-order valence-electron chi connectivity index (χ0n) is 17.0. The summed E-state index contributed by atoms with van der Waals surface area (Å²) in [5.41, 5.74) is -0.383. The van der Waals surface area contributed by atoms with Crippen molar-refractivity contribution in [2.75, 3.05) is 6.61 Å². The van der Waals surface area contributed by atoms with E-state index in [1.165, 1.54) is 32.1 Å². The van der Waals surface area contributed by atoms with E-state index >= 15 is 0 Å². The average Bonchev–Trinajstić information content (AvgIpc) is 2.70. The standard InChI is InChI=1S/C21H30FNO6/c1-2-3-4-5-6-7-8-9-14-28-20(24)12-13-21(25)29-16-17-15-18(23(26)27)10-11-19(17)22/h10-11,15H,2-9,12-14,16H2,1H3. The number of rotatable bonds is 15. The van der Waals surface area contributed by atoms with Crippen LogP contribution >= 0.6 is 0 Å². The first-order valence-corrected chi connectivity index (χ1v) is 10.2. The molecule has 8 heteroatoms. The molecular formula is C21H30FNO6. The smallest absolute Gasteiger partial charge is 0.306 e. The monoisotopic (exact) mass is 411 g/mol. The minimum Gasteiger partial charge on any atom is -0.466 e. The van der Waals surface area contributed by atoms with Crippen LogP contribution in [-0.4, -0.2) is 23.5 Å². The molecule has 0 bridgehead atoms. The molecule has 162 valence electrons. The van der Waals surface area contributed by atoms with Crippen LogP contribution in [0, 0.1) is 15.9 Å². The number of carbonyl (C=O) groups is 2. The van der Waals surface area contributed by atoms with Gasteiger partial charge < -0.3 is 9.47 Å². The van der Waals surface area contributed by atoms with Crippen LogP contribution in [0.15, 0.2) is 18.2 Å². The number of non-ortho nitro benzene ring substituents is 1. The van der Waals surface area contributed by atoms with Gasteiger partial charge in [0.05, 0.1) is 24.4 Å². The molecule has 7 nitrogen and oxygen atoms in total. The summed E-state index contributed by atoms with van der Waals surface area (Å²) in [6.07, 6.45) is 8.86. The SMILES string of the molecule is CCCCCCCCCCOC(=O)CCC(=O)OCc1cc([N+](=O)[O-])ccc1F. The minimum absolute atomic E-state index is 0.0928. The first-order valence-electron chi connectivity index (χ1n) is 10.2. The van der Waals surface area contributed by atoms with Gasteiger partial charge in [-0.2, -0.15) is 0 Å². The number of nitrogens with zero attached hydrogens (tertiary/aromatic N) is 1. The predicted octanol–water partition coefficient (Wildman–Crippen LogP) is 5.24. The number of esters is 2. The molecule has 0 amide bonds. The fraction of sp³-hybridized carbons (Fsp3) is 0.619. The lowest BCUT2D eigenvalue weighted by Gasteiger charge is -2.07. The zero-order valence-corrected chi connectivity index (χ0v) is 17.0. The summed E-state index contributed by atoms with van der Waals surface area (Å²) >= 11 is 0. The van der Waals surface area contributed by atoms with Crippen LogP contribution in [0.5, 0.6) is 0 Å². The van der Waals surface area contributed by atoms with E-state index in [-0.39, 0.29) is 24.1 Å². The average molecular weight is 411 g/mol. The molecule has 0 radical (unpaired) electrons. The van der Waals surface area contributed by atoms with E-state index in [1.54, 1.807) is 0 Å². The first-order chi connectivity index (χ1) is 13.9. The van der Waals surface area contributed by atoms with Crippen molar-refractivity contribution in [3.05, 3.63) is 39.7 Å². The van der Waals surface area contributed by atoms with Crippen LogP contribution in [0.3, 0.4) is 0 Å². The highest BCUT2D eigenvalue weighted by Gasteiger charge is 2.14. The molecule has 1 aromatic rings. The Morgan fingerprint density at radius 2 is 1.55 bits per heavy atom. The van der Waals surface area contributed by atoms with Gasteiger partial charge in [-0.15, -0.1) is 0 Å². The maximum absolute atomic E-state index is 13.6. The summed E-state index contributed by atoms with van der Waals surface area (Å²) in [6.45, 7) is 2.09. The van der Waals surface area contributed by atoms with Crippen molar-refractivity contribution in [1.82, 2.24) is 0 Å². The minimum atomic E-state index is -0.701. The third-order valence-electron chi connectivity index (χ3n) is 4.42. The molecular weight excluding hydrogens is 381 g/mol. The van der Waals surface area contributed by atoms with Crippen LogP contribution in [-0.2, 0) is 25.7 Å². The van der Waals surface area contributed by atoms with Crippen molar-refractivity contribution in [2.24, 2.45) is 0 Å².